The predicted octanol–water partition coefficient (Wildman–Crippen LogP) is 3.97. The highest BCUT2D eigenvalue weighted by molar-refractivity contribution is 14.0. The molecule has 10 heteroatoms. The zero-order chi connectivity index (χ0) is 21.6. The normalized spacial score (nSPS) is 22.1. The molecule has 0 radical (unpaired) electrons. The SMILES string of the molecule is CN=C(NCC1(SC)CCOCC1)NC1CCN(Cc2ccc(C(F)(F)F)cc2)C1.I. The summed E-state index contributed by atoms with van der Waals surface area (Å²) >= 11 is 1.89. The first-order valence-electron chi connectivity index (χ1n) is 10.3. The van der Waals surface area contributed by atoms with Crippen molar-refractivity contribution in [3.05, 3.63) is 35.4 Å². The van der Waals surface area contributed by atoms with E-state index in [2.05, 4.69) is 26.8 Å². The van der Waals surface area contributed by atoms with Crippen LogP contribution in [0.25, 0.3) is 0 Å². The maximum Gasteiger partial charge on any atom is 0.416 e. The lowest BCUT2D eigenvalue weighted by molar-refractivity contribution is -0.137. The van der Waals surface area contributed by atoms with Crippen molar-refractivity contribution < 1.29 is 17.9 Å². The molecule has 2 aliphatic rings. The van der Waals surface area contributed by atoms with Gasteiger partial charge in [0.05, 0.1) is 5.56 Å². The molecule has 31 heavy (non-hydrogen) atoms. The van der Waals surface area contributed by atoms with Crippen molar-refractivity contribution in [1.82, 2.24) is 15.5 Å². The van der Waals surface area contributed by atoms with Crippen LogP contribution in [0.2, 0.25) is 0 Å². The highest BCUT2D eigenvalue weighted by atomic mass is 127. The lowest BCUT2D eigenvalue weighted by Crippen LogP contribution is -2.50. The topological polar surface area (TPSA) is 48.9 Å². The Morgan fingerprint density at radius 1 is 1.26 bits per heavy atom. The molecule has 2 N–H and O–H groups in total. The summed E-state index contributed by atoms with van der Waals surface area (Å²) < 4.78 is 43.8. The molecule has 2 heterocycles. The maximum absolute atomic E-state index is 12.7. The van der Waals surface area contributed by atoms with Crippen molar-refractivity contribution in [2.45, 2.75) is 42.8 Å². The predicted molar refractivity (Wildman–Crippen MR) is 131 cm³/mol. The molecule has 0 aliphatic carbocycles. The first kappa shape index (κ1) is 26.5. The van der Waals surface area contributed by atoms with E-state index in [0.29, 0.717) is 6.54 Å². The lowest BCUT2D eigenvalue weighted by atomic mass is 9.99. The fourth-order valence-electron chi connectivity index (χ4n) is 3.98. The molecule has 0 saturated carbocycles. The molecule has 2 aliphatic heterocycles. The number of alkyl halides is 3. The summed E-state index contributed by atoms with van der Waals surface area (Å²) in [7, 11) is 1.78. The quantitative estimate of drug-likeness (QED) is 0.307. The number of benzene rings is 1. The van der Waals surface area contributed by atoms with Gasteiger partial charge < -0.3 is 15.4 Å². The Labute approximate surface area is 204 Å². The summed E-state index contributed by atoms with van der Waals surface area (Å²) in [4.78, 5) is 6.63. The van der Waals surface area contributed by atoms with Crippen LogP contribution in [0, 0.1) is 0 Å². The Balaban J connectivity index is 0.00000341. The van der Waals surface area contributed by atoms with Gasteiger partial charge in [0, 0.05) is 57.2 Å². The lowest BCUT2D eigenvalue weighted by Gasteiger charge is -2.36. The number of halogens is 4. The molecule has 0 amide bonds. The van der Waals surface area contributed by atoms with E-state index in [1.165, 1.54) is 0 Å². The number of likely N-dealkylation sites (tertiary alicyclic amines) is 1. The Morgan fingerprint density at radius 3 is 2.52 bits per heavy atom. The fourth-order valence-corrected chi connectivity index (χ4v) is 4.77. The number of aliphatic imine (C=N–C) groups is 1. The summed E-state index contributed by atoms with van der Waals surface area (Å²) in [5, 5.41) is 6.98. The second kappa shape index (κ2) is 11.9. The van der Waals surface area contributed by atoms with Crippen LogP contribution in [0.5, 0.6) is 0 Å². The highest BCUT2D eigenvalue weighted by Gasteiger charge is 2.32. The summed E-state index contributed by atoms with van der Waals surface area (Å²) in [6, 6.07) is 5.72. The number of nitrogens with zero attached hydrogens (tertiary/aromatic N) is 2. The molecule has 0 spiro atoms. The number of nitrogens with one attached hydrogen (secondary N) is 2. The number of hydrogen-bond acceptors (Lipinski definition) is 4. The third-order valence-electron chi connectivity index (χ3n) is 5.94. The van der Waals surface area contributed by atoms with Crippen LogP contribution in [0.3, 0.4) is 0 Å². The largest absolute Gasteiger partial charge is 0.416 e. The Morgan fingerprint density at radius 2 is 1.94 bits per heavy atom. The minimum atomic E-state index is -4.29. The summed E-state index contributed by atoms with van der Waals surface area (Å²) in [6.07, 6.45) is 0.900. The average molecular weight is 572 g/mol. The molecule has 5 nitrogen and oxygen atoms in total. The summed E-state index contributed by atoms with van der Waals surface area (Å²) in [5.41, 5.74) is 0.294. The van der Waals surface area contributed by atoms with E-state index >= 15 is 0 Å². The molecule has 0 bridgehead atoms. The van der Waals surface area contributed by atoms with Gasteiger partial charge in [-0.2, -0.15) is 24.9 Å². The molecule has 1 aromatic carbocycles. The number of thioether (sulfide) groups is 1. The van der Waals surface area contributed by atoms with Crippen LogP contribution >= 0.6 is 35.7 Å². The second-order valence-electron chi connectivity index (χ2n) is 7.99. The minimum Gasteiger partial charge on any atom is -0.381 e. The molecule has 1 atom stereocenters. The van der Waals surface area contributed by atoms with E-state index < -0.39 is 11.7 Å². The van der Waals surface area contributed by atoms with E-state index in [9.17, 15) is 13.2 Å². The molecule has 3 rings (SSSR count). The Hall–Kier alpha value is -0.720. The molecule has 0 aromatic heterocycles. The first-order valence-corrected chi connectivity index (χ1v) is 11.5. The molecular formula is C21H32F3IN4OS. The molecule has 2 fully saturated rings. The van der Waals surface area contributed by atoms with Gasteiger partial charge in [0.25, 0.3) is 0 Å². The van der Waals surface area contributed by atoms with E-state index in [-0.39, 0.29) is 34.8 Å². The summed E-state index contributed by atoms with van der Waals surface area (Å²) in [5.74, 6) is 0.802. The minimum absolute atomic E-state index is 0. The van der Waals surface area contributed by atoms with Crippen molar-refractivity contribution >= 4 is 41.7 Å². The van der Waals surface area contributed by atoms with Gasteiger partial charge >= 0.3 is 6.18 Å². The maximum atomic E-state index is 12.7. The van der Waals surface area contributed by atoms with Crippen LogP contribution in [0.1, 0.15) is 30.4 Å². The zero-order valence-electron chi connectivity index (χ0n) is 18.0. The Bertz CT molecular complexity index is 712. The first-order chi connectivity index (χ1) is 14.3. The van der Waals surface area contributed by atoms with Crippen LogP contribution < -0.4 is 10.6 Å². The van der Waals surface area contributed by atoms with Crippen molar-refractivity contribution in [2.75, 3.05) is 46.2 Å². The van der Waals surface area contributed by atoms with Crippen LogP contribution in [0.15, 0.2) is 29.3 Å². The molecule has 1 aromatic rings. The van der Waals surface area contributed by atoms with Gasteiger partial charge in [0.1, 0.15) is 0 Å². The Kier molecular flexibility index (Phi) is 10.2. The van der Waals surface area contributed by atoms with Gasteiger partial charge in [-0.15, -0.1) is 24.0 Å². The standard InChI is InChI=1S/C21H31F3N4OS.HI/c1-25-19(26-15-20(30-2)8-11-29-12-9-20)27-18-7-10-28(14-18)13-16-3-5-17(6-4-16)21(22,23)24;/h3-6,18H,7-15H2,1-2H3,(H2,25,26,27);1H. The third-order valence-corrected chi connectivity index (χ3v) is 7.36. The van der Waals surface area contributed by atoms with Crippen molar-refractivity contribution in [3.8, 4) is 0 Å². The monoisotopic (exact) mass is 572 g/mol. The smallest absolute Gasteiger partial charge is 0.381 e. The van der Waals surface area contributed by atoms with E-state index in [1.54, 1.807) is 19.2 Å². The highest BCUT2D eigenvalue weighted by Crippen LogP contribution is 2.33. The number of guanidine groups is 1. The van der Waals surface area contributed by atoms with E-state index in [1.807, 2.05) is 11.8 Å². The van der Waals surface area contributed by atoms with Crippen molar-refractivity contribution in [1.29, 1.82) is 0 Å². The van der Waals surface area contributed by atoms with Crippen LogP contribution in [-0.4, -0.2) is 67.8 Å². The van der Waals surface area contributed by atoms with Crippen LogP contribution in [-0.2, 0) is 17.5 Å². The fraction of sp³-hybridized carbons (Fsp3) is 0.667. The van der Waals surface area contributed by atoms with Crippen molar-refractivity contribution in [2.24, 2.45) is 4.99 Å². The molecule has 176 valence electrons. The molecule has 1 unspecified atom stereocenters. The van der Waals surface area contributed by atoms with Crippen LogP contribution in [0.4, 0.5) is 13.2 Å². The number of ether oxygens (including phenoxy) is 1. The van der Waals surface area contributed by atoms with Crippen molar-refractivity contribution in [3.63, 3.8) is 0 Å². The molecular weight excluding hydrogens is 540 g/mol. The van der Waals surface area contributed by atoms with Gasteiger partial charge in [-0.3, -0.25) is 9.89 Å². The number of hydrogen-bond donors (Lipinski definition) is 2. The van der Waals surface area contributed by atoms with E-state index in [0.717, 1.165) is 75.8 Å². The van der Waals surface area contributed by atoms with Gasteiger partial charge in [0.2, 0.25) is 0 Å². The van der Waals surface area contributed by atoms with E-state index in [4.69, 9.17) is 4.74 Å². The van der Waals surface area contributed by atoms with Gasteiger partial charge in [-0.05, 0) is 43.2 Å². The van der Waals surface area contributed by atoms with Gasteiger partial charge in [-0.25, -0.2) is 0 Å². The average Bonchev–Trinajstić information content (AvgIpc) is 3.18. The van der Waals surface area contributed by atoms with Gasteiger partial charge in [0.15, 0.2) is 5.96 Å². The third kappa shape index (κ3) is 7.68. The second-order valence-corrected chi connectivity index (χ2v) is 9.26. The zero-order valence-corrected chi connectivity index (χ0v) is 21.2. The molecule has 2 saturated heterocycles. The summed E-state index contributed by atoms with van der Waals surface area (Å²) in [6.45, 7) is 4.84. The van der Waals surface area contributed by atoms with Gasteiger partial charge in [-0.1, -0.05) is 12.1 Å². The number of rotatable bonds is 6.